The lowest BCUT2D eigenvalue weighted by atomic mass is 9.89. The Kier molecular flexibility index (Phi) is 2.89. The predicted octanol–water partition coefficient (Wildman–Crippen LogP) is 0.797. The van der Waals surface area contributed by atoms with Crippen LogP contribution in [0.25, 0.3) is 0 Å². The third-order valence-electron chi connectivity index (χ3n) is 2.66. The van der Waals surface area contributed by atoms with Gasteiger partial charge in [-0.1, -0.05) is 0 Å². The summed E-state index contributed by atoms with van der Waals surface area (Å²) < 4.78 is 0. The van der Waals surface area contributed by atoms with E-state index in [9.17, 15) is 10.1 Å². The summed E-state index contributed by atoms with van der Waals surface area (Å²) in [4.78, 5) is 13.8. The first kappa shape index (κ1) is 11.3. The normalized spacial score (nSPS) is 22.4. The van der Waals surface area contributed by atoms with Gasteiger partial charge in [-0.3, -0.25) is 10.1 Å². The van der Waals surface area contributed by atoms with Crippen LogP contribution >= 0.6 is 0 Å². The standard InChI is InChI=1S/C10H10N4O3/c11-4-6-1-8(14(16)17)5-12-10(6)13-7-2-9(15)3-7/h1,5,7,9,15H,2-3H2,(H,12,13). The minimum absolute atomic E-state index is 0.0751. The van der Waals surface area contributed by atoms with Crippen LogP contribution in [-0.4, -0.2) is 27.2 Å². The molecule has 1 aromatic heterocycles. The molecule has 1 aliphatic carbocycles. The summed E-state index contributed by atoms with van der Waals surface area (Å²) in [6.45, 7) is 0. The molecule has 88 valence electrons. The van der Waals surface area contributed by atoms with Crippen molar-refractivity contribution in [2.45, 2.75) is 25.0 Å². The second-order valence-electron chi connectivity index (χ2n) is 3.93. The SMILES string of the molecule is N#Cc1cc([N+](=O)[O-])cnc1NC1CC(O)C1. The van der Waals surface area contributed by atoms with Crippen molar-refractivity contribution >= 4 is 11.5 Å². The number of hydrogen-bond acceptors (Lipinski definition) is 6. The maximum absolute atomic E-state index is 10.5. The molecule has 1 fully saturated rings. The first-order valence-corrected chi connectivity index (χ1v) is 5.09. The number of aliphatic hydroxyl groups is 1. The Hall–Kier alpha value is -2.20. The maximum atomic E-state index is 10.5. The Morgan fingerprint density at radius 2 is 2.35 bits per heavy atom. The van der Waals surface area contributed by atoms with Gasteiger partial charge in [0, 0.05) is 12.1 Å². The van der Waals surface area contributed by atoms with Crippen LogP contribution in [0.4, 0.5) is 11.5 Å². The molecule has 0 radical (unpaired) electrons. The molecule has 7 heteroatoms. The summed E-state index contributed by atoms with van der Waals surface area (Å²) >= 11 is 0. The average Bonchev–Trinajstić information content (AvgIpc) is 2.27. The van der Waals surface area contributed by atoms with Gasteiger partial charge in [0.25, 0.3) is 5.69 Å². The van der Waals surface area contributed by atoms with Gasteiger partial charge in [0.15, 0.2) is 0 Å². The Morgan fingerprint density at radius 1 is 1.65 bits per heavy atom. The Morgan fingerprint density at radius 3 is 2.88 bits per heavy atom. The predicted molar refractivity (Wildman–Crippen MR) is 58.3 cm³/mol. The van der Waals surface area contributed by atoms with Crippen LogP contribution in [0.2, 0.25) is 0 Å². The highest BCUT2D eigenvalue weighted by molar-refractivity contribution is 5.56. The van der Waals surface area contributed by atoms with Crippen LogP contribution in [0.5, 0.6) is 0 Å². The van der Waals surface area contributed by atoms with E-state index in [1.165, 1.54) is 6.07 Å². The zero-order valence-electron chi connectivity index (χ0n) is 8.83. The van der Waals surface area contributed by atoms with Crippen molar-refractivity contribution in [3.05, 3.63) is 27.9 Å². The van der Waals surface area contributed by atoms with Crippen molar-refractivity contribution in [1.82, 2.24) is 4.98 Å². The molecular weight excluding hydrogens is 224 g/mol. The van der Waals surface area contributed by atoms with E-state index in [4.69, 9.17) is 10.4 Å². The number of hydrogen-bond donors (Lipinski definition) is 2. The number of nitrogens with zero attached hydrogens (tertiary/aromatic N) is 3. The van der Waals surface area contributed by atoms with Crippen molar-refractivity contribution in [2.24, 2.45) is 0 Å². The zero-order chi connectivity index (χ0) is 12.4. The van der Waals surface area contributed by atoms with Crippen LogP contribution in [0, 0.1) is 21.4 Å². The van der Waals surface area contributed by atoms with E-state index >= 15 is 0 Å². The number of pyridine rings is 1. The van der Waals surface area contributed by atoms with E-state index < -0.39 is 4.92 Å². The second-order valence-corrected chi connectivity index (χ2v) is 3.93. The lowest BCUT2D eigenvalue weighted by Crippen LogP contribution is -2.39. The number of nitro groups is 1. The van der Waals surface area contributed by atoms with Gasteiger partial charge in [-0.05, 0) is 12.8 Å². The Balaban J connectivity index is 2.17. The minimum atomic E-state index is -0.593. The van der Waals surface area contributed by atoms with Gasteiger partial charge in [0.1, 0.15) is 23.6 Å². The first-order chi connectivity index (χ1) is 8.10. The van der Waals surface area contributed by atoms with E-state index in [2.05, 4.69) is 10.3 Å². The summed E-state index contributed by atoms with van der Waals surface area (Å²) in [7, 11) is 0. The molecule has 1 aliphatic rings. The van der Waals surface area contributed by atoms with Crippen LogP contribution in [0.15, 0.2) is 12.3 Å². The molecule has 0 aromatic carbocycles. The summed E-state index contributed by atoms with van der Waals surface area (Å²) in [5.41, 5.74) is -0.0682. The van der Waals surface area contributed by atoms with E-state index in [1.54, 1.807) is 0 Å². The lowest BCUT2D eigenvalue weighted by molar-refractivity contribution is -0.385. The lowest BCUT2D eigenvalue weighted by Gasteiger charge is -2.32. The maximum Gasteiger partial charge on any atom is 0.289 e. The molecule has 1 aromatic rings. The van der Waals surface area contributed by atoms with Crippen LogP contribution in [0.1, 0.15) is 18.4 Å². The third-order valence-corrected chi connectivity index (χ3v) is 2.66. The smallest absolute Gasteiger partial charge is 0.289 e. The van der Waals surface area contributed by atoms with Crippen molar-refractivity contribution in [1.29, 1.82) is 5.26 Å². The summed E-state index contributed by atoms with van der Waals surface area (Å²) in [5.74, 6) is 0.329. The highest BCUT2D eigenvalue weighted by atomic mass is 16.6. The molecule has 0 unspecified atom stereocenters. The number of nitriles is 1. The molecule has 2 N–H and O–H groups in total. The van der Waals surface area contributed by atoms with Gasteiger partial charge in [-0.25, -0.2) is 4.98 Å². The first-order valence-electron chi connectivity index (χ1n) is 5.09. The molecule has 1 heterocycles. The molecule has 0 saturated heterocycles. The number of anilines is 1. The fraction of sp³-hybridized carbons (Fsp3) is 0.400. The Bertz CT molecular complexity index is 491. The zero-order valence-corrected chi connectivity index (χ0v) is 8.83. The topological polar surface area (TPSA) is 112 Å². The van der Waals surface area contributed by atoms with Crippen molar-refractivity contribution in [2.75, 3.05) is 5.32 Å². The van der Waals surface area contributed by atoms with Crippen molar-refractivity contribution in [3.8, 4) is 6.07 Å². The molecule has 17 heavy (non-hydrogen) atoms. The molecule has 0 bridgehead atoms. The highest BCUT2D eigenvalue weighted by Crippen LogP contribution is 2.25. The monoisotopic (exact) mass is 234 g/mol. The van der Waals surface area contributed by atoms with Crippen molar-refractivity contribution < 1.29 is 10.0 Å². The number of aliphatic hydroxyl groups excluding tert-OH is 1. The number of rotatable bonds is 3. The van der Waals surface area contributed by atoms with E-state index in [0.29, 0.717) is 18.7 Å². The molecule has 1 saturated carbocycles. The second kappa shape index (κ2) is 4.35. The summed E-state index contributed by atoms with van der Waals surface area (Å²) in [6.07, 6.45) is 2.00. The summed E-state index contributed by atoms with van der Waals surface area (Å²) in [6, 6.07) is 3.12. The van der Waals surface area contributed by atoms with E-state index in [1.807, 2.05) is 6.07 Å². The van der Waals surface area contributed by atoms with Crippen LogP contribution in [0.3, 0.4) is 0 Å². The molecule has 0 spiro atoms. The number of nitrogens with one attached hydrogen (secondary N) is 1. The van der Waals surface area contributed by atoms with Gasteiger partial charge in [0.05, 0.1) is 11.0 Å². The average molecular weight is 234 g/mol. The van der Waals surface area contributed by atoms with E-state index in [0.717, 1.165) is 6.20 Å². The van der Waals surface area contributed by atoms with Crippen LogP contribution in [-0.2, 0) is 0 Å². The van der Waals surface area contributed by atoms with Gasteiger partial charge in [-0.15, -0.1) is 0 Å². The van der Waals surface area contributed by atoms with Gasteiger partial charge in [-0.2, -0.15) is 5.26 Å². The molecule has 0 amide bonds. The molecule has 2 rings (SSSR count). The van der Waals surface area contributed by atoms with E-state index in [-0.39, 0.29) is 23.4 Å². The number of aromatic nitrogens is 1. The Labute approximate surface area is 96.9 Å². The third kappa shape index (κ3) is 2.32. The summed E-state index contributed by atoms with van der Waals surface area (Å²) in [5, 5.41) is 31.5. The fourth-order valence-electron chi connectivity index (χ4n) is 1.65. The highest BCUT2D eigenvalue weighted by Gasteiger charge is 2.28. The molecule has 7 nitrogen and oxygen atoms in total. The van der Waals surface area contributed by atoms with Gasteiger partial charge in [0.2, 0.25) is 0 Å². The quantitative estimate of drug-likeness (QED) is 0.590. The largest absolute Gasteiger partial charge is 0.393 e. The van der Waals surface area contributed by atoms with Crippen LogP contribution < -0.4 is 5.32 Å². The fourth-order valence-corrected chi connectivity index (χ4v) is 1.65. The van der Waals surface area contributed by atoms with Gasteiger partial charge < -0.3 is 10.4 Å². The molecule has 0 atom stereocenters. The molecular formula is C10H10N4O3. The van der Waals surface area contributed by atoms with Gasteiger partial charge >= 0.3 is 0 Å². The molecule has 0 aliphatic heterocycles. The van der Waals surface area contributed by atoms with Crippen molar-refractivity contribution in [3.63, 3.8) is 0 Å². The minimum Gasteiger partial charge on any atom is -0.393 e.